The number of pyridine rings is 1. The first-order valence-corrected chi connectivity index (χ1v) is 12.0. The number of hydrogen-bond donors (Lipinski definition) is 2. The summed E-state index contributed by atoms with van der Waals surface area (Å²) in [4.78, 5) is 19.0. The molecule has 1 aliphatic rings. The standard InChI is InChI=1S/C23H27F3N8S/c1-3-7-34(8-6-15-4-5-15)14-32-21(33-22-31-12-16(11-27)35-22)10-19(29-2)17-13-30-20(28)9-18(17)23(24,25)26/h9-10,12-13,15H,2-8,14H2,1H3,(H2,28,30)(H,31,32,33)/b19-10-. The van der Waals surface area contributed by atoms with E-state index in [2.05, 4.69) is 43.8 Å². The average Bonchev–Trinajstić information content (AvgIpc) is 3.54. The van der Waals surface area contributed by atoms with Gasteiger partial charge < -0.3 is 11.1 Å². The largest absolute Gasteiger partial charge is 0.417 e. The fourth-order valence-electron chi connectivity index (χ4n) is 3.38. The Kier molecular flexibility index (Phi) is 8.95. The molecule has 35 heavy (non-hydrogen) atoms. The molecule has 0 saturated heterocycles. The van der Waals surface area contributed by atoms with Crippen molar-refractivity contribution in [3.05, 3.63) is 40.5 Å². The van der Waals surface area contributed by atoms with Gasteiger partial charge in [-0.15, -0.1) is 0 Å². The van der Waals surface area contributed by atoms with E-state index in [9.17, 15) is 13.2 Å². The van der Waals surface area contributed by atoms with Crippen LogP contribution >= 0.6 is 11.3 Å². The molecule has 0 unspecified atom stereocenters. The maximum absolute atomic E-state index is 13.7. The normalized spacial score (nSPS) is 14.7. The summed E-state index contributed by atoms with van der Waals surface area (Å²) in [5.41, 5.74) is 4.18. The Labute approximate surface area is 206 Å². The van der Waals surface area contributed by atoms with Gasteiger partial charge in [0.2, 0.25) is 0 Å². The van der Waals surface area contributed by atoms with Gasteiger partial charge in [-0.25, -0.2) is 9.97 Å². The summed E-state index contributed by atoms with van der Waals surface area (Å²) >= 11 is 1.11. The third-order valence-electron chi connectivity index (χ3n) is 5.33. The van der Waals surface area contributed by atoms with Crippen molar-refractivity contribution in [2.75, 3.05) is 30.8 Å². The van der Waals surface area contributed by atoms with Crippen molar-refractivity contribution in [1.29, 1.82) is 5.26 Å². The summed E-state index contributed by atoms with van der Waals surface area (Å²) in [5, 5.41) is 12.5. The lowest BCUT2D eigenvalue weighted by molar-refractivity contribution is -0.137. The number of nitriles is 1. The van der Waals surface area contributed by atoms with Gasteiger partial charge in [-0.05, 0) is 38.1 Å². The van der Waals surface area contributed by atoms with Crippen LogP contribution in [0.5, 0.6) is 0 Å². The van der Waals surface area contributed by atoms with Crippen LogP contribution in [0.3, 0.4) is 0 Å². The first kappa shape index (κ1) is 26.3. The quantitative estimate of drug-likeness (QED) is 0.327. The van der Waals surface area contributed by atoms with Crippen molar-refractivity contribution in [1.82, 2.24) is 14.9 Å². The highest BCUT2D eigenvalue weighted by Gasteiger charge is 2.35. The second-order valence-electron chi connectivity index (χ2n) is 8.14. The maximum Gasteiger partial charge on any atom is 0.417 e. The topological polar surface area (TPSA) is 116 Å². The average molecular weight is 505 g/mol. The number of anilines is 2. The smallest absolute Gasteiger partial charge is 0.384 e. The van der Waals surface area contributed by atoms with Crippen molar-refractivity contribution >= 4 is 40.5 Å². The van der Waals surface area contributed by atoms with Gasteiger partial charge >= 0.3 is 6.18 Å². The molecule has 0 bridgehead atoms. The number of nitrogens with one attached hydrogen (secondary N) is 1. The van der Waals surface area contributed by atoms with Gasteiger partial charge in [-0.2, -0.15) is 18.4 Å². The summed E-state index contributed by atoms with van der Waals surface area (Å²) in [7, 11) is 0. The monoisotopic (exact) mass is 504 g/mol. The summed E-state index contributed by atoms with van der Waals surface area (Å²) in [6, 6.07) is 2.77. The summed E-state index contributed by atoms with van der Waals surface area (Å²) in [5.74, 6) is 0.754. The highest BCUT2D eigenvalue weighted by atomic mass is 32.1. The molecule has 0 radical (unpaired) electrons. The van der Waals surface area contributed by atoms with Crippen LogP contribution in [0.25, 0.3) is 5.70 Å². The molecule has 0 aliphatic heterocycles. The van der Waals surface area contributed by atoms with Crippen LogP contribution in [-0.4, -0.2) is 47.2 Å². The van der Waals surface area contributed by atoms with Crippen molar-refractivity contribution in [3.63, 3.8) is 0 Å². The fraction of sp³-hybridized carbons (Fsp3) is 0.435. The van der Waals surface area contributed by atoms with Gasteiger partial charge in [0.05, 0.1) is 24.1 Å². The van der Waals surface area contributed by atoms with Gasteiger partial charge in [0.1, 0.15) is 22.6 Å². The van der Waals surface area contributed by atoms with Crippen LogP contribution in [-0.2, 0) is 6.18 Å². The molecular weight excluding hydrogens is 477 g/mol. The molecule has 1 fully saturated rings. The Morgan fingerprint density at radius 1 is 1.37 bits per heavy atom. The molecule has 0 spiro atoms. The van der Waals surface area contributed by atoms with E-state index in [1.807, 2.05) is 6.07 Å². The summed E-state index contributed by atoms with van der Waals surface area (Å²) in [6.45, 7) is 7.60. The molecule has 12 heteroatoms. The predicted octanol–water partition coefficient (Wildman–Crippen LogP) is 5.03. The van der Waals surface area contributed by atoms with Crippen LogP contribution < -0.4 is 11.1 Å². The van der Waals surface area contributed by atoms with Crippen molar-refractivity contribution < 1.29 is 13.2 Å². The second kappa shape index (κ2) is 11.9. The molecule has 1 aliphatic carbocycles. The van der Waals surface area contributed by atoms with E-state index in [-0.39, 0.29) is 22.9 Å². The number of alkyl halides is 3. The Hall–Kier alpha value is -3.30. The van der Waals surface area contributed by atoms with E-state index in [4.69, 9.17) is 11.0 Å². The zero-order chi connectivity index (χ0) is 25.4. The van der Waals surface area contributed by atoms with E-state index in [1.165, 1.54) is 25.1 Å². The minimum absolute atomic E-state index is 0.0758. The first-order valence-electron chi connectivity index (χ1n) is 11.1. The van der Waals surface area contributed by atoms with Crippen LogP contribution in [0.4, 0.5) is 24.1 Å². The minimum Gasteiger partial charge on any atom is -0.384 e. The number of rotatable bonds is 11. The number of nitrogens with zero attached hydrogens (tertiary/aromatic N) is 6. The highest BCUT2D eigenvalue weighted by molar-refractivity contribution is 7.16. The third kappa shape index (κ3) is 7.87. The number of amidine groups is 1. The molecule has 0 atom stereocenters. The number of thiazole rings is 1. The van der Waals surface area contributed by atoms with E-state index < -0.39 is 11.7 Å². The third-order valence-corrected chi connectivity index (χ3v) is 6.15. The van der Waals surface area contributed by atoms with E-state index in [0.29, 0.717) is 16.7 Å². The van der Waals surface area contributed by atoms with Gasteiger partial charge in [-0.3, -0.25) is 14.9 Å². The minimum atomic E-state index is -4.67. The van der Waals surface area contributed by atoms with Crippen LogP contribution in [0.15, 0.2) is 34.5 Å². The van der Waals surface area contributed by atoms with Crippen LogP contribution in [0.1, 0.15) is 48.6 Å². The van der Waals surface area contributed by atoms with Crippen molar-refractivity contribution in [2.24, 2.45) is 15.9 Å². The number of hydrogen-bond acceptors (Lipinski definition) is 8. The molecule has 1 saturated carbocycles. The van der Waals surface area contributed by atoms with Crippen LogP contribution in [0, 0.1) is 17.2 Å². The van der Waals surface area contributed by atoms with Gasteiger partial charge in [0.15, 0.2) is 5.13 Å². The zero-order valence-electron chi connectivity index (χ0n) is 19.3. The van der Waals surface area contributed by atoms with Gasteiger partial charge in [0, 0.05) is 24.4 Å². The molecule has 3 rings (SSSR count). The molecule has 0 aromatic carbocycles. The Balaban J connectivity index is 1.95. The molecule has 186 valence electrons. The lowest BCUT2D eigenvalue weighted by Crippen LogP contribution is -2.27. The molecular formula is C23H27F3N8S. The number of nitrogens with two attached hydrogens (primary N) is 1. The van der Waals surface area contributed by atoms with E-state index in [1.54, 1.807) is 0 Å². The molecule has 2 heterocycles. The molecule has 8 nitrogen and oxygen atoms in total. The number of halogens is 3. The first-order chi connectivity index (χ1) is 16.7. The van der Waals surface area contributed by atoms with E-state index >= 15 is 0 Å². The molecule has 3 N–H and O–H groups in total. The Morgan fingerprint density at radius 3 is 2.74 bits per heavy atom. The number of aliphatic imine (C=N–C) groups is 2. The molecule has 2 aromatic rings. The van der Waals surface area contributed by atoms with Gasteiger partial charge in [0.25, 0.3) is 0 Å². The van der Waals surface area contributed by atoms with Crippen LogP contribution in [0.2, 0.25) is 0 Å². The number of nitrogen functional groups attached to an aromatic ring is 1. The maximum atomic E-state index is 13.7. The summed E-state index contributed by atoms with van der Waals surface area (Å²) in [6.07, 6.45) is 3.69. The fourth-order valence-corrected chi connectivity index (χ4v) is 4.00. The lowest BCUT2D eigenvalue weighted by Gasteiger charge is -2.20. The van der Waals surface area contributed by atoms with Crippen molar-refractivity contribution in [3.8, 4) is 6.07 Å². The second-order valence-corrected chi connectivity index (χ2v) is 9.17. The SMILES string of the molecule is C=N/C(=C\C(=N/CN(CCC)CCC1CC1)Nc1ncc(C#N)s1)c1cnc(N)cc1C(F)(F)F. The highest BCUT2D eigenvalue weighted by Crippen LogP contribution is 2.36. The predicted molar refractivity (Wildman–Crippen MR) is 133 cm³/mol. The van der Waals surface area contributed by atoms with Crippen molar-refractivity contribution in [2.45, 2.75) is 38.8 Å². The number of aromatic nitrogens is 2. The van der Waals surface area contributed by atoms with Gasteiger partial charge in [-0.1, -0.05) is 31.1 Å². The lowest BCUT2D eigenvalue weighted by atomic mass is 10.1. The Morgan fingerprint density at radius 2 is 2.14 bits per heavy atom. The Bertz CT molecular complexity index is 1130. The summed E-state index contributed by atoms with van der Waals surface area (Å²) < 4.78 is 41.0. The zero-order valence-corrected chi connectivity index (χ0v) is 20.2. The van der Waals surface area contributed by atoms with E-state index in [0.717, 1.165) is 55.4 Å². The molecule has 2 aromatic heterocycles. The molecule has 0 amide bonds.